The van der Waals surface area contributed by atoms with Crippen molar-refractivity contribution in [3.05, 3.63) is 29.8 Å². The number of rotatable bonds is 3. The number of nitrogens with one attached hydrogen (secondary N) is 1. The molecule has 0 aliphatic carbocycles. The molecule has 1 amide bonds. The van der Waals surface area contributed by atoms with Gasteiger partial charge in [-0.1, -0.05) is 29.8 Å². The largest absolute Gasteiger partial charge is 0.340 e. The summed E-state index contributed by atoms with van der Waals surface area (Å²) in [6.45, 7) is 5.49. The predicted molar refractivity (Wildman–Crippen MR) is 82.1 cm³/mol. The fourth-order valence-corrected chi connectivity index (χ4v) is 2.44. The molecule has 2 aromatic rings. The van der Waals surface area contributed by atoms with Crippen LogP contribution in [0.5, 0.6) is 0 Å². The van der Waals surface area contributed by atoms with Crippen molar-refractivity contribution in [1.29, 1.82) is 0 Å². The summed E-state index contributed by atoms with van der Waals surface area (Å²) in [5, 5.41) is 15.6. The Balaban J connectivity index is 1.66. The van der Waals surface area contributed by atoms with E-state index in [0.29, 0.717) is 5.82 Å². The molecule has 1 aliphatic heterocycles. The summed E-state index contributed by atoms with van der Waals surface area (Å²) < 4.78 is 0. The smallest absolute Gasteiger partial charge is 0.246 e. The zero-order valence-corrected chi connectivity index (χ0v) is 12.7. The average Bonchev–Trinajstić information content (AvgIpc) is 2.81. The molecule has 1 fully saturated rings. The van der Waals surface area contributed by atoms with E-state index in [1.54, 1.807) is 0 Å². The summed E-state index contributed by atoms with van der Waals surface area (Å²) >= 11 is 0. The summed E-state index contributed by atoms with van der Waals surface area (Å²) in [5.74, 6) is 0.585. The van der Waals surface area contributed by atoms with Crippen molar-refractivity contribution < 1.29 is 4.79 Å². The molecule has 1 N–H and O–H groups in total. The molecule has 116 valence electrons. The van der Waals surface area contributed by atoms with Crippen molar-refractivity contribution in [3.8, 4) is 11.4 Å². The highest BCUT2D eigenvalue weighted by molar-refractivity contribution is 5.75. The number of carbonyl (C=O) groups is 1. The maximum atomic E-state index is 12.3. The van der Waals surface area contributed by atoms with Gasteiger partial charge in [0.2, 0.25) is 11.7 Å². The van der Waals surface area contributed by atoms with Gasteiger partial charge in [0, 0.05) is 25.2 Å². The summed E-state index contributed by atoms with van der Waals surface area (Å²) in [6, 6.07) is 7.93. The van der Waals surface area contributed by atoms with Crippen LogP contribution in [-0.2, 0) is 11.3 Å². The lowest BCUT2D eigenvalue weighted by atomic mass is 10.1. The monoisotopic (exact) mass is 300 g/mol. The molecule has 0 atom stereocenters. The van der Waals surface area contributed by atoms with Gasteiger partial charge in [-0.3, -0.25) is 4.79 Å². The van der Waals surface area contributed by atoms with Crippen LogP contribution in [0, 0.1) is 6.92 Å². The quantitative estimate of drug-likeness (QED) is 0.892. The first-order valence-electron chi connectivity index (χ1n) is 7.56. The van der Waals surface area contributed by atoms with Crippen molar-refractivity contribution in [1.82, 2.24) is 30.4 Å². The second-order valence-electron chi connectivity index (χ2n) is 5.49. The van der Waals surface area contributed by atoms with E-state index in [2.05, 4.69) is 20.7 Å². The van der Waals surface area contributed by atoms with E-state index >= 15 is 0 Å². The second-order valence-corrected chi connectivity index (χ2v) is 5.49. The fourth-order valence-electron chi connectivity index (χ4n) is 2.44. The molecule has 7 heteroatoms. The maximum absolute atomic E-state index is 12.3. The van der Waals surface area contributed by atoms with E-state index in [1.807, 2.05) is 36.1 Å². The lowest BCUT2D eigenvalue weighted by Gasteiger charge is -2.19. The molecule has 0 spiro atoms. The number of hydrogen-bond acceptors (Lipinski definition) is 5. The van der Waals surface area contributed by atoms with Gasteiger partial charge in [0.05, 0.1) is 0 Å². The van der Waals surface area contributed by atoms with Gasteiger partial charge in [0.15, 0.2) is 0 Å². The third kappa shape index (κ3) is 3.48. The van der Waals surface area contributed by atoms with Crippen molar-refractivity contribution in [3.63, 3.8) is 0 Å². The summed E-state index contributed by atoms with van der Waals surface area (Å²) in [5.41, 5.74) is 2.09. The van der Waals surface area contributed by atoms with Crippen LogP contribution in [0.2, 0.25) is 0 Å². The van der Waals surface area contributed by atoms with Crippen molar-refractivity contribution in [2.45, 2.75) is 19.9 Å². The van der Waals surface area contributed by atoms with E-state index in [1.165, 1.54) is 10.4 Å². The number of amides is 1. The van der Waals surface area contributed by atoms with Crippen LogP contribution in [0.3, 0.4) is 0 Å². The number of carbonyl (C=O) groups excluding carboxylic acids is 1. The van der Waals surface area contributed by atoms with Crippen LogP contribution in [0.1, 0.15) is 12.0 Å². The molecule has 3 rings (SSSR count). The number of aryl methyl sites for hydroxylation is 1. The Morgan fingerprint density at radius 3 is 2.86 bits per heavy atom. The van der Waals surface area contributed by atoms with Gasteiger partial charge in [-0.15, -0.1) is 10.2 Å². The van der Waals surface area contributed by atoms with Crippen LogP contribution < -0.4 is 5.32 Å². The highest BCUT2D eigenvalue weighted by Gasteiger charge is 2.17. The first-order valence-corrected chi connectivity index (χ1v) is 7.56. The Kier molecular flexibility index (Phi) is 4.43. The van der Waals surface area contributed by atoms with Gasteiger partial charge in [0.1, 0.15) is 6.54 Å². The number of aromatic nitrogens is 4. The summed E-state index contributed by atoms with van der Waals surface area (Å²) in [7, 11) is 0. The van der Waals surface area contributed by atoms with Crippen LogP contribution in [0.15, 0.2) is 24.3 Å². The van der Waals surface area contributed by atoms with Crippen molar-refractivity contribution in [2.75, 3.05) is 26.2 Å². The van der Waals surface area contributed by atoms with Crippen LogP contribution in [0.4, 0.5) is 0 Å². The Hall–Kier alpha value is -2.28. The molecule has 1 aromatic heterocycles. The first kappa shape index (κ1) is 14.6. The Bertz CT molecular complexity index is 628. The zero-order valence-electron chi connectivity index (χ0n) is 12.7. The Labute approximate surface area is 129 Å². The number of tetrazole rings is 1. The third-order valence-electron chi connectivity index (χ3n) is 3.73. The lowest BCUT2D eigenvalue weighted by Crippen LogP contribution is -2.36. The average molecular weight is 300 g/mol. The van der Waals surface area contributed by atoms with E-state index in [4.69, 9.17) is 0 Å². The standard InChI is InChI=1S/C15H20N6O/c1-12-3-5-13(6-4-12)15-17-19-21(18-15)11-14(22)20-9-2-7-16-8-10-20/h3-6,16H,2,7-11H2,1H3. The first-order chi connectivity index (χ1) is 10.7. The topological polar surface area (TPSA) is 75.9 Å². The number of hydrogen-bond donors (Lipinski definition) is 1. The van der Waals surface area contributed by atoms with Gasteiger partial charge in [-0.25, -0.2) is 0 Å². The molecule has 0 unspecified atom stereocenters. The molecule has 0 bridgehead atoms. The molecule has 0 radical (unpaired) electrons. The zero-order chi connectivity index (χ0) is 15.4. The molecule has 2 heterocycles. The number of nitrogens with zero attached hydrogens (tertiary/aromatic N) is 5. The molecule has 0 saturated carbocycles. The molecular formula is C15H20N6O. The van der Waals surface area contributed by atoms with Gasteiger partial charge < -0.3 is 10.2 Å². The van der Waals surface area contributed by atoms with Crippen LogP contribution in [-0.4, -0.2) is 57.2 Å². The SMILES string of the molecule is Cc1ccc(-c2nnn(CC(=O)N3CCCNCC3)n2)cc1. The highest BCUT2D eigenvalue weighted by Crippen LogP contribution is 2.13. The third-order valence-corrected chi connectivity index (χ3v) is 3.73. The van der Waals surface area contributed by atoms with Crippen molar-refractivity contribution >= 4 is 5.91 Å². The van der Waals surface area contributed by atoms with Crippen LogP contribution in [0.25, 0.3) is 11.4 Å². The molecule has 1 saturated heterocycles. The van der Waals surface area contributed by atoms with E-state index in [0.717, 1.165) is 38.2 Å². The predicted octanol–water partition coefficient (Wildman–Crippen LogP) is 0.470. The second kappa shape index (κ2) is 6.65. The normalized spacial score (nSPS) is 15.6. The van der Waals surface area contributed by atoms with Gasteiger partial charge in [-0.2, -0.15) is 4.80 Å². The number of benzene rings is 1. The van der Waals surface area contributed by atoms with Crippen molar-refractivity contribution in [2.24, 2.45) is 0 Å². The van der Waals surface area contributed by atoms with Gasteiger partial charge >= 0.3 is 0 Å². The molecule has 1 aliphatic rings. The Morgan fingerprint density at radius 2 is 2.05 bits per heavy atom. The van der Waals surface area contributed by atoms with Crippen LogP contribution >= 0.6 is 0 Å². The highest BCUT2D eigenvalue weighted by atomic mass is 16.2. The minimum Gasteiger partial charge on any atom is -0.340 e. The summed E-state index contributed by atoms with van der Waals surface area (Å²) in [6.07, 6.45) is 0.977. The molecule has 22 heavy (non-hydrogen) atoms. The van der Waals surface area contributed by atoms with E-state index in [-0.39, 0.29) is 12.5 Å². The molecule has 1 aromatic carbocycles. The summed E-state index contributed by atoms with van der Waals surface area (Å²) in [4.78, 5) is 15.5. The Morgan fingerprint density at radius 1 is 1.23 bits per heavy atom. The molecule has 7 nitrogen and oxygen atoms in total. The molecular weight excluding hydrogens is 280 g/mol. The van der Waals surface area contributed by atoms with E-state index < -0.39 is 0 Å². The fraction of sp³-hybridized carbons (Fsp3) is 0.467. The van der Waals surface area contributed by atoms with Gasteiger partial charge in [-0.05, 0) is 25.1 Å². The lowest BCUT2D eigenvalue weighted by molar-refractivity contribution is -0.132. The minimum atomic E-state index is 0.0385. The van der Waals surface area contributed by atoms with E-state index in [9.17, 15) is 4.79 Å². The maximum Gasteiger partial charge on any atom is 0.246 e. The minimum absolute atomic E-state index is 0.0385. The van der Waals surface area contributed by atoms with Gasteiger partial charge in [0.25, 0.3) is 0 Å².